The van der Waals surface area contributed by atoms with Gasteiger partial charge in [-0.15, -0.1) is 6.58 Å². The molecule has 5 nitrogen and oxygen atoms in total. The van der Waals surface area contributed by atoms with E-state index >= 15 is 0 Å². The maximum Gasteiger partial charge on any atom is 0.307 e. The van der Waals surface area contributed by atoms with Crippen LogP contribution in [0.15, 0.2) is 12.7 Å². The minimum Gasteiger partial charge on any atom is -0.481 e. The van der Waals surface area contributed by atoms with Crippen LogP contribution in [-0.4, -0.2) is 47.6 Å². The Morgan fingerprint density at radius 2 is 2.05 bits per heavy atom. The number of carbonyl (C=O) groups is 2. The average molecular weight is 282 g/mol. The number of amides is 1. The minimum atomic E-state index is -0.841. The molecule has 0 saturated heterocycles. The standard InChI is InChI=1S/C15H26N2O3/c1-3-9-17(10-12(2)15(19)20)11-14(18)16-13-7-5-4-6-8-13/h3,12-13H,1,4-11H2,2H3,(H,16,18)(H,19,20). The van der Waals surface area contributed by atoms with Crippen molar-refractivity contribution in [1.82, 2.24) is 10.2 Å². The lowest BCUT2D eigenvalue weighted by atomic mass is 9.95. The predicted molar refractivity (Wildman–Crippen MR) is 78.5 cm³/mol. The molecule has 1 fully saturated rings. The Morgan fingerprint density at radius 1 is 1.40 bits per heavy atom. The Kier molecular flexibility index (Phi) is 7.30. The van der Waals surface area contributed by atoms with E-state index in [-0.39, 0.29) is 12.5 Å². The van der Waals surface area contributed by atoms with E-state index in [1.165, 1.54) is 19.3 Å². The van der Waals surface area contributed by atoms with Crippen LogP contribution in [0.3, 0.4) is 0 Å². The fourth-order valence-corrected chi connectivity index (χ4v) is 2.57. The highest BCUT2D eigenvalue weighted by Crippen LogP contribution is 2.17. The van der Waals surface area contributed by atoms with Crippen molar-refractivity contribution in [2.45, 2.75) is 45.1 Å². The topological polar surface area (TPSA) is 69.6 Å². The molecular weight excluding hydrogens is 256 g/mol. The Hall–Kier alpha value is -1.36. The lowest BCUT2D eigenvalue weighted by Gasteiger charge is -2.26. The molecule has 1 saturated carbocycles. The fraction of sp³-hybridized carbons (Fsp3) is 0.733. The summed E-state index contributed by atoms with van der Waals surface area (Å²) in [6.07, 6.45) is 7.42. The predicted octanol–water partition coefficient (Wildman–Crippen LogP) is 1.64. The zero-order chi connectivity index (χ0) is 15.0. The van der Waals surface area contributed by atoms with Gasteiger partial charge < -0.3 is 10.4 Å². The Balaban J connectivity index is 2.40. The number of hydrogen-bond acceptors (Lipinski definition) is 3. The van der Waals surface area contributed by atoms with E-state index in [0.29, 0.717) is 19.1 Å². The zero-order valence-corrected chi connectivity index (χ0v) is 12.3. The highest BCUT2D eigenvalue weighted by atomic mass is 16.4. The van der Waals surface area contributed by atoms with Gasteiger partial charge in [0.25, 0.3) is 0 Å². The van der Waals surface area contributed by atoms with Gasteiger partial charge in [-0.3, -0.25) is 14.5 Å². The molecule has 0 aromatic rings. The number of nitrogens with one attached hydrogen (secondary N) is 1. The number of hydrogen-bond donors (Lipinski definition) is 2. The quantitative estimate of drug-likeness (QED) is 0.664. The van der Waals surface area contributed by atoms with E-state index < -0.39 is 11.9 Å². The van der Waals surface area contributed by atoms with Crippen LogP contribution in [0.25, 0.3) is 0 Å². The van der Waals surface area contributed by atoms with Gasteiger partial charge in [-0.25, -0.2) is 0 Å². The number of rotatable bonds is 8. The molecule has 0 aromatic carbocycles. The second kappa shape index (κ2) is 8.74. The van der Waals surface area contributed by atoms with E-state index in [2.05, 4.69) is 11.9 Å². The van der Waals surface area contributed by atoms with Crippen molar-refractivity contribution >= 4 is 11.9 Å². The molecule has 0 radical (unpaired) electrons. The van der Waals surface area contributed by atoms with E-state index in [1.807, 2.05) is 4.90 Å². The van der Waals surface area contributed by atoms with Crippen molar-refractivity contribution < 1.29 is 14.7 Å². The van der Waals surface area contributed by atoms with Crippen LogP contribution >= 0.6 is 0 Å². The maximum absolute atomic E-state index is 12.0. The van der Waals surface area contributed by atoms with Gasteiger partial charge in [0.1, 0.15) is 0 Å². The lowest BCUT2D eigenvalue weighted by molar-refractivity contribution is -0.142. The van der Waals surface area contributed by atoms with Gasteiger partial charge in [0.15, 0.2) is 0 Å². The SMILES string of the molecule is C=CCN(CC(=O)NC1CCCCC1)CC(C)C(=O)O. The number of aliphatic carboxylic acids is 1. The van der Waals surface area contributed by atoms with Crippen molar-refractivity contribution in [2.75, 3.05) is 19.6 Å². The van der Waals surface area contributed by atoms with Gasteiger partial charge in [0, 0.05) is 19.1 Å². The summed E-state index contributed by atoms with van der Waals surface area (Å²) in [6.45, 7) is 6.43. The van der Waals surface area contributed by atoms with Gasteiger partial charge in [0.05, 0.1) is 12.5 Å². The fourth-order valence-electron chi connectivity index (χ4n) is 2.57. The first-order valence-corrected chi connectivity index (χ1v) is 7.38. The third-order valence-corrected chi connectivity index (χ3v) is 3.68. The highest BCUT2D eigenvalue weighted by molar-refractivity contribution is 5.78. The Labute approximate surface area is 121 Å². The van der Waals surface area contributed by atoms with Gasteiger partial charge in [-0.05, 0) is 12.8 Å². The summed E-state index contributed by atoms with van der Waals surface area (Å²) in [5, 5.41) is 12.0. The molecule has 0 spiro atoms. The minimum absolute atomic E-state index is 0.0173. The van der Waals surface area contributed by atoms with Crippen LogP contribution in [0.5, 0.6) is 0 Å². The van der Waals surface area contributed by atoms with Crippen molar-refractivity contribution in [3.8, 4) is 0 Å². The van der Waals surface area contributed by atoms with Crippen LogP contribution in [0.1, 0.15) is 39.0 Å². The molecule has 20 heavy (non-hydrogen) atoms. The van der Waals surface area contributed by atoms with Crippen LogP contribution < -0.4 is 5.32 Å². The summed E-state index contributed by atoms with van der Waals surface area (Å²) < 4.78 is 0. The smallest absolute Gasteiger partial charge is 0.307 e. The third-order valence-electron chi connectivity index (χ3n) is 3.68. The van der Waals surface area contributed by atoms with Gasteiger partial charge in [-0.1, -0.05) is 32.3 Å². The molecule has 5 heteroatoms. The van der Waals surface area contributed by atoms with Gasteiger partial charge in [0.2, 0.25) is 5.91 Å². The summed E-state index contributed by atoms with van der Waals surface area (Å²) >= 11 is 0. The molecule has 1 rings (SSSR count). The molecular formula is C15H26N2O3. The summed E-state index contributed by atoms with van der Waals surface area (Å²) in [5.41, 5.74) is 0. The second-order valence-electron chi connectivity index (χ2n) is 5.62. The number of nitrogens with zero attached hydrogens (tertiary/aromatic N) is 1. The Bertz CT molecular complexity index is 338. The first-order chi connectivity index (χ1) is 9.52. The molecule has 1 amide bonds. The Morgan fingerprint density at radius 3 is 2.60 bits per heavy atom. The molecule has 2 N–H and O–H groups in total. The maximum atomic E-state index is 12.0. The average Bonchev–Trinajstić information content (AvgIpc) is 2.39. The molecule has 1 aliphatic rings. The van der Waals surface area contributed by atoms with Crippen LogP contribution in [0.2, 0.25) is 0 Å². The molecule has 0 aromatic heterocycles. The summed E-state index contributed by atoms with van der Waals surface area (Å²) in [5.74, 6) is -1.35. The molecule has 0 bridgehead atoms. The summed E-state index contributed by atoms with van der Waals surface area (Å²) in [6, 6.07) is 0.290. The van der Waals surface area contributed by atoms with E-state index in [1.54, 1.807) is 13.0 Å². The third kappa shape index (κ3) is 6.19. The van der Waals surface area contributed by atoms with Crippen molar-refractivity contribution in [3.63, 3.8) is 0 Å². The molecule has 1 aliphatic carbocycles. The molecule has 1 atom stereocenters. The van der Waals surface area contributed by atoms with Gasteiger partial charge >= 0.3 is 5.97 Å². The van der Waals surface area contributed by atoms with Crippen LogP contribution in [0.4, 0.5) is 0 Å². The second-order valence-corrected chi connectivity index (χ2v) is 5.62. The molecule has 0 heterocycles. The normalized spacial score (nSPS) is 17.7. The first-order valence-electron chi connectivity index (χ1n) is 7.38. The number of carboxylic acids is 1. The number of carbonyl (C=O) groups excluding carboxylic acids is 1. The van der Waals surface area contributed by atoms with Gasteiger partial charge in [-0.2, -0.15) is 0 Å². The summed E-state index contributed by atoms with van der Waals surface area (Å²) in [4.78, 5) is 24.7. The zero-order valence-electron chi connectivity index (χ0n) is 12.3. The monoisotopic (exact) mass is 282 g/mol. The largest absolute Gasteiger partial charge is 0.481 e. The molecule has 0 aliphatic heterocycles. The van der Waals surface area contributed by atoms with E-state index in [0.717, 1.165) is 12.8 Å². The molecule has 1 unspecified atom stereocenters. The van der Waals surface area contributed by atoms with Crippen molar-refractivity contribution in [2.24, 2.45) is 5.92 Å². The summed E-state index contributed by atoms with van der Waals surface area (Å²) in [7, 11) is 0. The van der Waals surface area contributed by atoms with E-state index in [4.69, 9.17) is 5.11 Å². The highest BCUT2D eigenvalue weighted by Gasteiger charge is 2.20. The first kappa shape index (κ1) is 16.7. The van der Waals surface area contributed by atoms with E-state index in [9.17, 15) is 9.59 Å². The lowest BCUT2D eigenvalue weighted by Crippen LogP contribution is -2.44. The van der Waals surface area contributed by atoms with Crippen molar-refractivity contribution in [1.29, 1.82) is 0 Å². The van der Waals surface area contributed by atoms with Crippen molar-refractivity contribution in [3.05, 3.63) is 12.7 Å². The molecule has 114 valence electrons. The van der Waals surface area contributed by atoms with Crippen LogP contribution in [-0.2, 0) is 9.59 Å². The number of carboxylic acid groups (broad SMARTS) is 1. The van der Waals surface area contributed by atoms with Crippen LogP contribution in [0, 0.1) is 5.92 Å².